The van der Waals surface area contributed by atoms with Gasteiger partial charge in [0.25, 0.3) is 5.56 Å². The van der Waals surface area contributed by atoms with Gasteiger partial charge in [0, 0.05) is 0 Å². The van der Waals surface area contributed by atoms with Crippen LogP contribution in [0.3, 0.4) is 0 Å². The summed E-state index contributed by atoms with van der Waals surface area (Å²) in [7, 11) is 2.62. The molecule has 4 aromatic rings. The van der Waals surface area contributed by atoms with Crippen molar-refractivity contribution in [2.45, 2.75) is 13.1 Å². The van der Waals surface area contributed by atoms with Gasteiger partial charge in [-0.1, -0.05) is 36.4 Å². The van der Waals surface area contributed by atoms with Crippen molar-refractivity contribution in [2.75, 3.05) is 14.2 Å². The van der Waals surface area contributed by atoms with Crippen molar-refractivity contribution in [3.8, 4) is 0 Å². The number of carbonyl (C=O) groups is 2. The molecule has 3 aromatic carbocycles. The number of para-hydroxylation sites is 1. The van der Waals surface area contributed by atoms with Gasteiger partial charge in [-0.2, -0.15) is 0 Å². The number of hydrogen-bond donors (Lipinski definition) is 0. The highest BCUT2D eigenvalue weighted by Crippen LogP contribution is 2.13. The van der Waals surface area contributed by atoms with E-state index in [1.807, 2.05) is 0 Å². The standard InChI is InChI=1S/C26H22N2O6/c1-33-24(30)19-11-7-17(8-12-19)15-27-22-6-4-3-5-21(22)23(29)28(26(27)32)16-18-9-13-20(14-10-18)25(31)34-2/h3-14H,15-16H2,1-2H3. The molecule has 0 unspecified atom stereocenters. The van der Waals surface area contributed by atoms with E-state index < -0.39 is 23.2 Å². The average molecular weight is 458 g/mol. The van der Waals surface area contributed by atoms with Crippen molar-refractivity contribution in [2.24, 2.45) is 0 Å². The molecule has 0 aliphatic heterocycles. The Bertz CT molecular complexity index is 1480. The summed E-state index contributed by atoms with van der Waals surface area (Å²) in [6.07, 6.45) is 0. The zero-order valence-corrected chi connectivity index (χ0v) is 18.7. The Kier molecular flexibility index (Phi) is 6.40. The molecule has 8 heteroatoms. The van der Waals surface area contributed by atoms with Crippen molar-refractivity contribution in [3.63, 3.8) is 0 Å². The maximum atomic E-state index is 13.4. The number of ether oxygens (including phenoxy) is 2. The molecule has 0 saturated heterocycles. The molecule has 1 aromatic heterocycles. The minimum absolute atomic E-state index is 0.0469. The highest BCUT2D eigenvalue weighted by molar-refractivity contribution is 5.89. The highest BCUT2D eigenvalue weighted by Gasteiger charge is 2.15. The molecule has 0 radical (unpaired) electrons. The van der Waals surface area contributed by atoms with Crippen LogP contribution in [0.25, 0.3) is 10.9 Å². The third-order valence-electron chi connectivity index (χ3n) is 5.56. The van der Waals surface area contributed by atoms with Crippen LogP contribution in [-0.2, 0) is 22.6 Å². The summed E-state index contributed by atoms with van der Waals surface area (Å²) in [5.41, 5.74) is 1.93. The third kappa shape index (κ3) is 4.38. The molecule has 1 heterocycles. The van der Waals surface area contributed by atoms with Crippen LogP contribution in [0.4, 0.5) is 0 Å². The van der Waals surface area contributed by atoms with E-state index in [-0.39, 0.29) is 13.1 Å². The van der Waals surface area contributed by atoms with Crippen LogP contribution in [0.2, 0.25) is 0 Å². The number of aromatic nitrogens is 2. The minimum Gasteiger partial charge on any atom is -0.465 e. The van der Waals surface area contributed by atoms with Gasteiger partial charge in [-0.05, 0) is 47.5 Å². The first-order valence-electron chi connectivity index (χ1n) is 10.5. The van der Waals surface area contributed by atoms with Gasteiger partial charge in [0.1, 0.15) is 0 Å². The second kappa shape index (κ2) is 9.58. The van der Waals surface area contributed by atoms with Crippen molar-refractivity contribution < 1.29 is 19.1 Å². The lowest BCUT2D eigenvalue weighted by Crippen LogP contribution is -2.40. The zero-order chi connectivity index (χ0) is 24.2. The van der Waals surface area contributed by atoms with Crippen molar-refractivity contribution in [1.82, 2.24) is 9.13 Å². The topological polar surface area (TPSA) is 96.6 Å². The minimum atomic E-state index is -0.463. The quantitative estimate of drug-likeness (QED) is 0.412. The molecule has 0 spiro atoms. The normalized spacial score (nSPS) is 10.8. The molecular weight excluding hydrogens is 436 g/mol. The van der Waals surface area contributed by atoms with Gasteiger partial charge in [-0.3, -0.25) is 13.9 Å². The molecule has 0 N–H and O–H groups in total. The molecular formula is C26H22N2O6. The van der Waals surface area contributed by atoms with Crippen LogP contribution < -0.4 is 11.2 Å². The average Bonchev–Trinajstić information content (AvgIpc) is 2.88. The second-order valence-corrected chi connectivity index (χ2v) is 7.65. The van der Waals surface area contributed by atoms with Crippen molar-refractivity contribution >= 4 is 22.8 Å². The van der Waals surface area contributed by atoms with E-state index >= 15 is 0 Å². The largest absolute Gasteiger partial charge is 0.465 e. The molecule has 4 rings (SSSR count). The number of benzene rings is 3. The number of nitrogens with zero attached hydrogens (tertiary/aromatic N) is 2. The van der Waals surface area contributed by atoms with E-state index in [1.54, 1.807) is 72.8 Å². The Balaban J connectivity index is 1.76. The number of fused-ring (bicyclic) bond motifs is 1. The second-order valence-electron chi connectivity index (χ2n) is 7.65. The smallest absolute Gasteiger partial charge is 0.337 e. The lowest BCUT2D eigenvalue weighted by Gasteiger charge is -2.15. The van der Waals surface area contributed by atoms with Crippen molar-refractivity contribution in [3.05, 3.63) is 116 Å². The number of hydrogen-bond acceptors (Lipinski definition) is 6. The zero-order valence-electron chi connectivity index (χ0n) is 18.7. The Hall–Kier alpha value is -4.46. The van der Waals surface area contributed by atoms with Gasteiger partial charge in [-0.25, -0.2) is 14.4 Å². The van der Waals surface area contributed by atoms with Crippen LogP contribution in [0, 0.1) is 0 Å². The molecule has 0 fully saturated rings. The van der Waals surface area contributed by atoms with E-state index in [0.717, 1.165) is 5.56 Å². The Labute approximate surface area is 194 Å². The highest BCUT2D eigenvalue weighted by atomic mass is 16.5. The number of methoxy groups -OCH3 is 2. The van der Waals surface area contributed by atoms with Crippen LogP contribution in [0.1, 0.15) is 31.8 Å². The number of carbonyl (C=O) groups excluding carboxylic acids is 2. The molecule has 34 heavy (non-hydrogen) atoms. The van der Waals surface area contributed by atoms with E-state index in [1.165, 1.54) is 23.4 Å². The van der Waals surface area contributed by atoms with E-state index in [9.17, 15) is 19.2 Å². The van der Waals surface area contributed by atoms with E-state index in [2.05, 4.69) is 0 Å². The molecule has 0 atom stereocenters. The fraction of sp³-hybridized carbons (Fsp3) is 0.154. The first-order valence-corrected chi connectivity index (χ1v) is 10.5. The number of esters is 2. The summed E-state index contributed by atoms with van der Waals surface area (Å²) in [5.74, 6) is -0.907. The third-order valence-corrected chi connectivity index (χ3v) is 5.56. The van der Waals surface area contributed by atoms with Gasteiger partial charge < -0.3 is 9.47 Å². The van der Waals surface area contributed by atoms with Crippen LogP contribution in [-0.4, -0.2) is 35.3 Å². The Morgan fingerprint density at radius 2 is 1.15 bits per heavy atom. The first kappa shape index (κ1) is 22.7. The predicted molar refractivity (Wildman–Crippen MR) is 126 cm³/mol. The maximum absolute atomic E-state index is 13.4. The lowest BCUT2D eigenvalue weighted by molar-refractivity contribution is 0.0592. The van der Waals surface area contributed by atoms with E-state index in [4.69, 9.17) is 9.47 Å². The summed E-state index contributed by atoms with van der Waals surface area (Å²) in [6, 6.07) is 20.2. The molecule has 0 saturated carbocycles. The van der Waals surface area contributed by atoms with Gasteiger partial charge in [0.2, 0.25) is 0 Å². The fourth-order valence-electron chi connectivity index (χ4n) is 3.76. The van der Waals surface area contributed by atoms with Crippen LogP contribution in [0.5, 0.6) is 0 Å². The van der Waals surface area contributed by atoms with E-state index in [0.29, 0.717) is 27.6 Å². The van der Waals surface area contributed by atoms with Gasteiger partial charge in [0.05, 0.1) is 49.3 Å². The summed E-state index contributed by atoms with van der Waals surface area (Å²) < 4.78 is 12.1. The van der Waals surface area contributed by atoms with Gasteiger partial charge >= 0.3 is 17.6 Å². The van der Waals surface area contributed by atoms with Crippen molar-refractivity contribution in [1.29, 1.82) is 0 Å². The summed E-state index contributed by atoms with van der Waals surface area (Å²) in [6.45, 7) is 0.258. The SMILES string of the molecule is COC(=O)c1ccc(Cn2c(=O)c3ccccc3n(Cc3ccc(C(=O)OC)cc3)c2=O)cc1. The van der Waals surface area contributed by atoms with Gasteiger partial charge in [0.15, 0.2) is 0 Å². The predicted octanol–water partition coefficient (Wildman–Crippen LogP) is 2.83. The molecule has 0 aliphatic carbocycles. The van der Waals surface area contributed by atoms with Crippen LogP contribution in [0.15, 0.2) is 82.4 Å². The summed E-state index contributed by atoms with van der Waals surface area (Å²) >= 11 is 0. The molecule has 0 amide bonds. The Morgan fingerprint density at radius 3 is 1.65 bits per heavy atom. The molecule has 0 aliphatic rings. The molecule has 8 nitrogen and oxygen atoms in total. The molecule has 172 valence electrons. The summed E-state index contributed by atoms with van der Waals surface area (Å²) in [4.78, 5) is 50.0. The first-order chi connectivity index (χ1) is 16.4. The fourth-order valence-corrected chi connectivity index (χ4v) is 3.76. The summed E-state index contributed by atoms with van der Waals surface area (Å²) in [5, 5.41) is 0.416. The maximum Gasteiger partial charge on any atom is 0.337 e. The van der Waals surface area contributed by atoms with Crippen LogP contribution >= 0.6 is 0 Å². The van der Waals surface area contributed by atoms with Gasteiger partial charge in [-0.15, -0.1) is 0 Å². The number of rotatable bonds is 6. The molecule has 0 bridgehead atoms. The lowest BCUT2D eigenvalue weighted by atomic mass is 10.1. The Morgan fingerprint density at radius 1 is 0.676 bits per heavy atom. The monoisotopic (exact) mass is 458 g/mol.